The van der Waals surface area contributed by atoms with Crippen molar-refractivity contribution in [2.24, 2.45) is 0 Å². The fraction of sp³-hybridized carbons (Fsp3) is 1.00. The second-order valence-electron chi connectivity index (χ2n) is 2.93. The van der Waals surface area contributed by atoms with E-state index in [0.29, 0.717) is 0 Å². The maximum atomic E-state index is 11.4. The maximum absolute atomic E-state index is 11.4. The fourth-order valence-corrected chi connectivity index (χ4v) is 3.64. The lowest BCUT2D eigenvalue weighted by Gasteiger charge is -2.21. The van der Waals surface area contributed by atoms with E-state index in [1.54, 1.807) is 14.0 Å². The van der Waals surface area contributed by atoms with Gasteiger partial charge in [-0.15, -0.1) is 0 Å². The van der Waals surface area contributed by atoms with E-state index in [2.05, 4.69) is 0 Å². The van der Waals surface area contributed by atoms with Crippen LogP contribution in [0.25, 0.3) is 0 Å². The molecule has 1 aliphatic heterocycles. The van der Waals surface area contributed by atoms with E-state index in [1.165, 1.54) is 4.31 Å². The molecule has 0 aromatic heterocycles. The lowest BCUT2D eigenvalue weighted by atomic mass is 10.3. The summed E-state index contributed by atoms with van der Waals surface area (Å²) in [4.78, 5) is 0. The Bertz CT molecular complexity index is 232. The van der Waals surface area contributed by atoms with Crippen LogP contribution < -0.4 is 0 Å². The zero-order chi connectivity index (χ0) is 9.19. The third-order valence-electron chi connectivity index (χ3n) is 2.22. The topological polar surface area (TPSA) is 37.4 Å². The molecule has 0 N–H and O–H groups in total. The van der Waals surface area contributed by atoms with Crippen LogP contribution in [0.4, 0.5) is 0 Å². The van der Waals surface area contributed by atoms with Crippen molar-refractivity contribution < 1.29 is 8.42 Å². The Morgan fingerprint density at radius 2 is 2.25 bits per heavy atom. The van der Waals surface area contributed by atoms with E-state index >= 15 is 0 Å². The first kappa shape index (κ1) is 10.3. The predicted molar refractivity (Wildman–Crippen MR) is 53.0 cm³/mol. The molecule has 1 fully saturated rings. The fourth-order valence-electron chi connectivity index (χ4n) is 1.24. The Kier molecular flexibility index (Phi) is 3.43. The van der Waals surface area contributed by atoms with E-state index in [0.717, 1.165) is 17.9 Å². The molecule has 0 amide bonds. The van der Waals surface area contributed by atoms with Crippen LogP contribution in [0.1, 0.15) is 13.3 Å². The minimum Gasteiger partial charge on any atom is -0.212 e. The molecule has 72 valence electrons. The zero-order valence-corrected chi connectivity index (χ0v) is 9.12. The molecule has 1 unspecified atom stereocenters. The minimum atomic E-state index is -2.96. The van der Waals surface area contributed by atoms with Gasteiger partial charge in [-0.1, -0.05) is 0 Å². The highest BCUT2D eigenvalue weighted by molar-refractivity contribution is 7.99. The largest absolute Gasteiger partial charge is 0.213 e. The van der Waals surface area contributed by atoms with E-state index in [9.17, 15) is 8.42 Å². The first-order chi connectivity index (χ1) is 5.58. The summed E-state index contributed by atoms with van der Waals surface area (Å²) in [5.41, 5.74) is 0. The standard InChI is InChI=1S/C7H15NO2S2/c1-3-12(9,10)8(2)7-4-5-11-6-7/h7H,3-6H2,1-2H3. The van der Waals surface area contributed by atoms with Crippen molar-refractivity contribution in [3.05, 3.63) is 0 Å². The quantitative estimate of drug-likeness (QED) is 0.689. The van der Waals surface area contributed by atoms with Crippen LogP contribution >= 0.6 is 11.8 Å². The lowest BCUT2D eigenvalue weighted by Crippen LogP contribution is -2.37. The molecule has 0 saturated carbocycles. The minimum absolute atomic E-state index is 0.213. The molecule has 3 nitrogen and oxygen atoms in total. The van der Waals surface area contributed by atoms with Crippen LogP contribution in [0.3, 0.4) is 0 Å². The third-order valence-corrected chi connectivity index (χ3v) is 5.27. The Balaban J connectivity index is 2.63. The summed E-state index contributed by atoms with van der Waals surface area (Å²) >= 11 is 1.83. The molecule has 5 heteroatoms. The highest BCUT2D eigenvalue weighted by Gasteiger charge is 2.27. The Morgan fingerprint density at radius 1 is 1.58 bits per heavy atom. The maximum Gasteiger partial charge on any atom is 0.213 e. The summed E-state index contributed by atoms with van der Waals surface area (Å²) in [5.74, 6) is 2.26. The summed E-state index contributed by atoms with van der Waals surface area (Å²) in [5, 5.41) is 0. The van der Waals surface area contributed by atoms with Crippen molar-refractivity contribution >= 4 is 21.8 Å². The number of thioether (sulfide) groups is 1. The van der Waals surface area contributed by atoms with Gasteiger partial charge in [0, 0.05) is 18.8 Å². The molecule has 1 aliphatic rings. The highest BCUT2D eigenvalue weighted by atomic mass is 32.2. The summed E-state index contributed by atoms with van der Waals surface area (Å²) < 4.78 is 24.3. The number of rotatable bonds is 3. The second kappa shape index (κ2) is 3.98. The molecule has 0 radical (unpaired) electrons. The molecule has 1 atom stereocenters. The van der Waals surface area contributed by atoms with Crippen molar-refractivity contribution in [3.8, 4) is 0 Å². The first-order valence-electron chi connectivity index (χ1n) is 4.11. The average Bonchev–Trinajstić information content (AvgIpc) is 2.55. The van der Waals surface area contributed by atoms with Gasteiger partial charge in [-0.3, -0.25) is 0 Å². The van der Waals surface area contributed by atoms with E-state index in [1.807, 2.05) is 11.8 Å². The molecule has 0 bridgehead atoms. The van der Waals surface area contributed by atoms with Crippen LogP contribution in [-0.2, 0) is 10.0 Å². The van der Waals surface area contributed by atoms with Crippen LogP contribution in [0.5, 0.6) is 0 Å². The van der Waals surface area contributed by atoms with E-state index in [4.69, 9.17) is 0 Å². The average molecular weight is 209 g/mol. The Labute approximate surface area is 78.6 Å². The Hall–Kier alpha value is 0.260. The summed E-state index contributed by atoms with van der Waals surface area (Å²) in [7, 11) is -1.27. The Morgan fingerprint density at radius 3 is 2.67 bits per heavy atom. The van der Waals surface area contributed by atoms with Gasteiger partial charge >= 0.3 is 0 Å². The number of sulfonamides is 1. The number of hydrogen-bond donors (Lipinski definition) is 0. The molecule has 0 aliphatic carbocycles. The molecule has 12 heavy (non-hydrogen) atoms. The van der Waals surface area contributed by atoms with Gasteiger partial charge in [-0.05, 0) is 19.1 Å². The summed E-state index contributed by atoms with van der Waals surface area (Å²) in [6.07, 6.45) is 1.00. The normalized spacial score (nSPS) is 25.1. The zero-order valence-electron chi connectivity index (χ0n) is 7.49. The molecule has 1 heterocycles. The molecule has 0 aromatic carbocycles. The van der Waals surface area contributed by atoms with Gasteiger partial charge in [0.25, 0.3) is 0 Å². The predicted octanol–water partition coefficient (Wildman–Crippen LogP) is 0.773. The van der Waals surface area contributed by atoms with Gasteiger partial charge in [0.15, 0.2) is 0 Å². The monoisotopic (exact) mass is 209 g/mol. The van der Waals surface area contributed by atoms with Gasteiger partial charge in [-0.25, -0.2) is 12.7 Å². The highest BCUT2D eigenvalue weighted by Crippen LogP contribution is 2.23. The van der Waals surface area contributed by atoms with Crippen LogP contribution in [0, 0.1) is 0 Å². The van der Waals surface area contributed by atoms with E-state index < -0.39 is 10.0 Å². The van der Waals surface area contributed by atoms with Crippen LogP contribution in [-0.4, -0.2) is 43.1 Å². The molecular weight excluding hydrogens is 194 g/mol. The smallest absolute Gasteiger partial charge is 0.212 e. The third kappa shape index (κ3) is 2.14. The van der Waals surface area contributed by atoms with Crippen molar-refractivity contribution in [2.45, 2.75) is 19.4 Å². The van der Waals surface area contributed by atoms with Gasteiger partial charge in [0.05, 0.1) is 5.75 Å². The molecule has 1 saturated heterocycles. The molecule has 0 spiro atoms. The van der Waals surface area contributed by atoms with Gasteiger partial charge in [0.2, 0.25) is 10.0 Å². The molecule has 0 aromatic rings. The van der Waals surface area contributed by atoms with Crippen LogP contribution in [0.2, 0.25) is 0 Å². The van der Waals surface area contributed by atoms with Gasteiger partial charge < -0.3 is 0 Å². The SMILES string of the molecule is CCS(=O)(=O)N(C)C1CCSC1. The second-order valence-corrected chi connectivity index (χ2v) is 6.40. The van der Waals surface area contributed by atoms with Gasteiger partial charge in [-0.2, -0.15) is 11.8 Å². The van der Waals surface area contributed by atoms with Gasteiger partial charge in [0.1, 0.15) is 0 Å². The summed E-state index contributed by atoms with van der Waals surface area (Å²) in [6, 6.07) is 0.236. The first-order valence-corrected chi connectivity index (χ1v) is 6.87. The molecular formula is C7H15NO2S2. The van der Waals surface area contributed by atoms with Crippen molar-refractivity contribution in [1.82, 2.24) is 4.31 Å². The van der Waals surface area contributed by atoms with Crippen molar-refractivity contribution in [1.29, 1.82) is 0 Å². The number of hydrogen-bond acceptors (Lipinski definition) is 3. The van der Waals surface area contributed by atoms with E-state index in [-0.39, 0.29) is 11.8 Å². The lowest BCUT2D eigenvalue weighted by molar-refractivity contribution is 0.395. The van der Waals surface area contributed by atoms with Crippen LogP contribution in [0.15, 0.2) is 0 Å². The number of nitrogens with zero attached hydrogens (tertiary/aromatic N) is 1. The molecule has 1 rings (SSSR count). The van der Waals surface area contributed by atoms with Crippen molar-refractivity contribution in [3.63, 3.8) is 0 Å². The van der Waals surface area contributed by atoms with Crippen molar-refractivity contribution in [2.75, 3.05) is 24.3 Å². The summed E-state index contributed by atoms with van der Waals surface area (Å²) in [6.45, 7) is 1.69.